The minimum atomic E-state index is 0.902. The Morgan fingerprint density at radius 2 is 0.588 bits per heavy atom. The average molecular weight is 1900 g/mol. The van der Waals surface area contributed by atoms with Gasteiger partial charge in [0, 0.05) is 126 Å². The molecule has 0 fully saturated rings. The van der Waals surface area contributed by atoms with Crippen LogP contribution in [-0.2, 0) is 0 Å². The van der Waals surface area contributed by atoms with Crippen LogP contribution >= 0.6 is 86.3 Å². The second-order valence-electron chi connectivity index (χ2n) is 29.4. The molecular weight excluding hydrogens is 1830 g/mol. The molecule has 0 saturated heterocycles. The first kappa shape index (κ1) is 75.2. The molecule has 1 N–H and O–H groups in total. The molecule has 0 saturated carbocycles. The first-order valence-corrected chi connectivity index (χ1v) is 43.5. The van der Waals surface area contributed by atoms with E-state index in [4.69, 9.17) is 8.83 Å². The first-order valence-electron chi connectivity index (χ1n) is 39.3. The minimum Gasteiger partial charge on any atom is -0.455 e. The third-order valence-electron chi connectivity index (χ3n) is 22.2. The SMILES string of the molecule is Brc1ccc(-n2c3cc(Br)ccc3c3ccc(-c4ccc(N(c5ccc(-c6cccc7c6oc6ccccc67)cc5)c5ccccc5-c5ccccc5)cc4)cc32)cc1.Brc1ccc(I)cc1.Brc1ccc2c(c1)[nH]c1cc(-c3ccc(N(c4ccc(-c5cccc6c5oc5ccccc56)cc4)c4ccccc4-c4ccccc4)cc3)ccc12. The summed E-state index contributed by atoms with van der Waals surface area (Å²) in [6.45, 7) is 0. The maximum absolute atomic E-state index is 6.43. The Morgan fingerprint density at radius 1 is 0.244 bits per heavy atom. The number of fused-ring (bicyclic) bond motifs is 12. The molecule has 0 amide bonds. The summed E-state index contributed by atoms with van der Waals surface area (Å²) in [6, 6.07) is 147. The number of anilines is 6. The van der Waals surface area contributed by atoms with E-state index < -0.39 is 0 Å². The number of rotatable bonds is 13. The van der Waals surface area contributed by atoms with Gasteiger partial charge in [-0.2, -0.15) is 0 Å². The van der Waals surface area contributed by atoms with Crippen LogP contribution in [0.3, 0.4) is 0 Å². The summed E-state index contributed by atoms with van der Waals surface area (Å²) < 4.78 is 20.8. The second-order valence-corrected chi connectivity index (χ2v) is 34.3. The zero-order valence-corrected chi connectivity index (χ0v) is 72.3. The van der Waals surface area contributed by atoms with Crippen LogP contribution in [0.25, 0.3) is 160 Å². The third-order valence-corrected chi connectivity index (χ3v) is 25.0. The van der Waals surface area contributed by atoms with Crippen molar-refractivity contribution >= 4 is 208 Å². The molecule has 22 rings (SSSR count). The normalized spacial score (nSPS) is 11.4. The highest BCUT2D eigenvalue weighted by Gasteiger charge is 2.23. The summed E-state index contributed by atoms with van der Waals surface area (Å²) in [5.74, 6) is 0. The van der Waals surface area contributed by atoms with Crippen molar-refractivity contribution in [2.24, 2.45) is 0 Å². The number of H-pyrrole nitrogens is 1. The van der Waals surface area contributed by atoms with E-state index in [2.05, 4.69) is 482 Å². The predicted molar refractivity (Wildman–Crippen MR) is 523 cm³/mol. The summed E-state index contributed by atoms with van der Waals surface area (Å²) in [5.41, 5.74) is 29.5. The molecule has 11 heteroatoms. The highest BCUT2D eigenvalue weighted by molar-refractivity contribution is 14.1. The number of para-hydroxylation sites is 6. The zero-order chi connectivity index (χ0) is 80.0. The maximum atomic E-state index is 6.43. The van der Waals surface area contributed by atoms with E-state index >= 15 is 0 Å². The predicted octanol–water partition coefficient (Wildman–Crippen LogP) is 34.2. The fourth-order valence-electron chi connectivity index (χ4n) is 16.6. The van der Waals surface area contributed by atoms with Crippen LogP contribution in [0.1, 0.15) is 0 Å². The monoisotopic (exact) mass is 1900 g/mol. The quantitative estimate of drug-likeness (QED) is 0.117. The van der Waals surface area contributed by atoms with Crippen LogP contribution in [0, 0.1) is 3.57 Å². The molecule has 0 atom stereocenters. The highest BCUT2D eigenvalue weighted by Crippen LogP contribution is 2.47. The lowest BCUT2D eigenvalue weighted by Crippen LogP contribution is -2.11. The van der Waals surface area contributed by atoms with Gasteiger partial charge in [0.15, 0.2) is 0 Å². The number of hydrogen-bond donors (Lipinski definition) is 1. The topological polar surface area (TPSA) is 53.5 Å². The number of aromatic amines is 1. The van der Waals surface area contributed by atoms with Crippen molar-refractivity contribution in [3.8, 4) is 72.4 Å². The molecule has 0 spiro atoms. The van der Waals surface area contributed by atoms with Gasteiger partial charge in [-0.05, 0) is 225 Å². The maximum Gasteiger partial charge on any atom is 0.143 e. The van der Waals surface area contributed by atoms with E-state index in [9.17, 15) is 0 Å². The molecule has 4 heterocycles. The molecule has 4 aromatic heterocycles. The molecule has 0 bridgehead atoms. The summed E-state index contributed by atoms with van der Waals surface area (Å²) in [5, 5.41) is 9.43. The van der Waals surface area contributed by atoms with E-state index in [0.29, 0.717) is 0 Å². The summed E-state index contributed by atoms with van der Waals surface area (Å²) in [7, 11) is 0. The molecule has 0 aliphatic heterocycles. The largest absolute Gasteiger partial charge is 0.455 e. The van der Waals surface area contributed by atoms with Crippen molar-refractivity contribution in [1.29, 1.82) is 0 Å². The average Bonchev–Trinajstić information content (AvgIpc) is 1.49. The standard InChI is InChI=1S/C54H34Br2N2O.C48H31BrN2O.C6H4BrI/c55-39-22-29-43(30-23-39)58-51-33-38(21-31-46(51)47-32-24-40(56)34-52(47)58)35-17-25-41(26-18-35)57(50-15-6-4-11-44(50)36-9-2-1-3-10-36)42-27-19-37(20-28-42)45-13-8-14-49-48-12-5-7-16-53(48)59-54(45)49;49-35-22-28-41-40-27-21-34(29-44(40)50-45(41)30-35)31-17-23-36(24-18-31)51(46-15-6-4-11-38(46)32-9-2-1-3-10-32)37-25-19-33(20-26-37)39-13-8-14-43-42-12-5-7-16-47(42)52-48(39)43;7-5-1-3-6(8)4-2-5/h1-34H;1-30,50H;1-4H. The van der Waals surface area contributed by atoms with Gasteiger partial charge in [0.1, 0.15) is 22.3 Å². The number of nitrogens with zero attached hydrogens (tertiary/aromatic N) is 3. The van der Waals surface area contributed by atoms with Crippen LogP contribution in [0.15, 0.2) is 439 Å². The van der Waals surface area contributed by atoms with Crippen molar-refractivity contribution in [2.45, 2.75) is 0 Å². The van der Waals surface area contributed by atoms with Crippen molar-refractivity contribution in [3.05, 3.63) is 434 Å². The van der Waals surface area contributed by atoms with E-state index in [1.54, 1.807) is 0 Å². The molecule has 0 aliphatic carbocycles. The Bertz CT molecular complexity index is 7490. The van der Waals surface area contributed by atoms with Gasteiger partial charge in [0.2, 0.25) is 0 Å². The van der Waals surface area contributed by atoms with Crippen LogP contribution < -0.4 is 9.80 Å². The van der Waals surface area contributed by atoms with Crippen LogP contribution in [0.5, 0.6) is 0 Å². The van der Waals surface area contributed by atoms with Gasteiger partial charge in [0.05, 0.1) is 22.4 Å². The third kappa shape index (κ3) is 14.9. The van der Waals surface area contributed by atoms with Gasteiger partial charge in [-0.25, -0.2) is 0 Å². The number of nitrogens with one attached hydrogen (secondary N) is 1. The van der Waals surface area contributed by atoms with Crippen molar-refractivity contribution in [2.75, 3.05) is 9.80 Å². The van der Waals surface area contributed by atoms with Gasteiger partial charge in [0.25, 0.3) is 0 Å². The van der Waals surface area contributed by atoms with E-state index in [1.807, 2.05) is 36.4 Å². The highest BCUT2D eigenvalue weighted by atomic mass is 127. The summed E-state index contributed by atoms with van der Waals surface area (Å²) in [6.07, 6.45) is 0. The van der Waals surface area contributed by atoms with Gasteiger partial charge in [-0.1, -0.05) is 319 Å². The van der Waals surface area contributed by atoms with E-state index in [0.717, 1.165) is 163 Å². The van der Waals surface area contributed by atoms with Crippen molar-refractivity contribution < 1.29 is 8.83 Å². The molecular formula is C108H69Br4IN4O2. The van der Waals surface area contributed by atoms with Crippen LogP contribution in [-0.4, -0.2) is 9.55 Å². The summed E-state index contributed by atoms with van der Waals surface area (Å²) in [4.78, 5) is 8.33. The fraction of sp³-hybridized carbons (Fsp3) is 0. The molecule has 0 radical (unpaired) electrons. The number of hydrogen-bond acceptors (Lipinski definition) is 4. The molecule has 6 nitrogen and oxygen atoms in total. The second kappa shape index (κ2) is 32.7. The Labute approximate surface area is 735 Å². The number of aromatic nitrogens is 2. The number of halogens is 5. The molecule has 568 valence electrons. The summed E-state index contributed by atoms with van der Waals surface area (Å²) >= 11 is 16.6. The zero-order valence-electron chi connectivity index (χ0n) is 63.8. The lowest BCUT2D eigenvalue weighted by atomic mass is 9.99. The number of benzene rings is 18. The van der Waals surface area contributed by atoms with Gasteiger partial charge < -0.3 is 28.2 Å². The van der Waals surface area contributed by atoms with Gasteiger partial charge >= 0.3 is 0 Å². The molecule has 0 unspecified atom stereocenters. The molecule has 22 aromatic rings. The Morgan fingerprint density at radius 3 is 1.08 bits per heavy atom. The van der Waals surface area contributed by atoms with E-state index in [-0.39, 0.29) is 0 Å². The Hall–Kier alpha value is -12.6. The lowest BCUT2D eigenvalue weighted by Gasteiger charge is -2.28. The minimum absolute atomic E-state index is 0.902. The van der Waals surface area contributed by atoms with Gasteiger partial charge in [-0.3, -0.25) is 0 Å². The Balaban J connectivity index is 0.000000140. The van der Waals surface area contributed by atoms with Crippen LogP contribution in [0.4, 0.5) is 34.1 Å². The van der Waals surface area contributed by atoms with Crippen molar-refractivity contribution in [3.63, 3.8) is 0 Å². The fourth-order valence-corrected chi connectivity index (χ4v) is 18.2. The first-order chi connectivity index (χ1) is 58.5. The molecule has 119 heavy (non-hydrogen) atoms. The van der Waals surface area contributed by atoms with Crippen molar-refractivity contribution in [1.82, 2.24) is 9.55 Å². The Kier molecular flexibility index (Phi) is 20.7. The molecule has 18 aromatic carbocycles. The van der Waals surface area contributed by atoms with E-state index in [1.165, 1.54) is 52.9 Å². The van der Waals surface area contributed by atoms with Crippen LogP contribution in [0.2, 0.25) is 0 Å². The number of furan rings is 2. The lowest BCUT2D eigenvalue weighted by molar-refractivity contribution is 0.669. The van der Waals surface area contributed by atoms with Gasteiger partial charge in [-0.15, -0.1) is 0 Å². The smallest absolute Gasteiger partial charge is 0.143 e. The molecule has 0 aliphatic rings.